The van der Waals surface area contributed by atoms with Crippen LogP contribution in [0.2, 0.25) is 5.02 Å². The van der Waals surface area contributed by atoms with Gasteiger partial charge in [0.1, 0.15) is 4.88 Å². The summed E-state index contributed by atoms with van der Waals surface area (Å²) in [6.07, 6.45) is 1.44. The summed E-state index contributed by atoms with van der Waals surface area (Å²) in [5.41, 5.74) is 4.49. The Morgan fingerprint density at radius 1 is 0.864 bits per heavy atom. The number of carbonyl (C=O) groups is 3. The Labute approximate surface area is 278 Å². The number of carbonyl (C=O) groups excluding carboxylic acids is 3. The number of halogens is 3. The minimum Gasteiger partial charge on any atom is -0.490 e. The van der Waals surface area contributed by atoms with Crippen LogP contribution in [0.3, 0.4) is 0 Å². The number of benzene rings is 4. The average molecular weight is 756 g/mol. The van der Waals surface area contributed by atoms with Crippen molar-refractivity contribution in [3.8, 4) is 11.5 Å². The molecule has 2 amide bonds. The van der Waals surface area contributed by atoms with E-state index in [2.05, 4.69) is 47.7 Å². The number of anilines is 1. The van der Waals surface area contributed by atoms with Gasteiger partial charge in [-0.3, -0.25) is 9.59 Å². The van der Waals surface area contributed by atoms with Gasteiger partial charge < -0.3 is 14.8 Å². The highest BCUT2D eigenvalue weighted by Gasteiger charge is 2.21. The van der Waals surface area contributed by atoms with Crippen molar-refractivity contribution in [3.05, 3.63) is 120 Å². The molecule has 5 aromatic rings. The van der Waals surface area contributed by atoms with Gasteiger partial charge in [0.15, 0.2) is 11.5 Å². The predicted octanol–water partition coefficient (Wildman–Crippen LogP) is 8.71. The van der Waals surface area contributed by atoms with Gasteiger partial charge in [-0.15, -0.1) is 11.3 Å². The van der Waals surface area contributed by atoms with Crippen LogP contribution in [0.4, 0.5) is 5.69 Å². The summed E-state index contributed by atoms with van der Waals surface area (Å²) < 4.78 is 14.0. The minimum absolute atomic E-state index is 0.222. The Bertz CT molecular complexity index is 1890. The summed E-state index contributed by atoms with van der Waals surface area (Å²) in [5.74, 6) is -0.739. The number of hydrazone groups is 1. The van der Waals surface area contributed by atoms with Crippen LogP contribution in [0.15, 0.2) is 99.0 Å². The van der Waals surface area contributed by atoms with E-state index in [1.807, 2.05) is 25.1 Å². The zero-order chi connectivity index (χ0) is 31.2. The standard InChI is InChI=1S/C32H22Br2ClN3O5S/c1-2-42-26-15-18(3-14-25(26)43-32(41)29-28(35)24-13-10-22(34)16-27(24)44-29)17-36-38-31(40)20-6-11-23(12-7-20)37-30(39)19-4-8-21(33)9-5-19/h3-17H,2H2,1H3,(H,37,39)(H,38,40)/b36-17-. The van der Waals surface area contributed by atoms with Gasteiger partial charge in [0.25, 0.3) is 11.8 Å². The summed E-state index contributed by atoms with van der Waals surface area (Å²) >= 11 is 14.5. The highest BCUT2D eigenvalue weighted by atomic mass is 79.9. The summed E-state index contributed by atoms with van der Waals surface area (Å²) in [7, 11) is 0. The number of nitrogens with one attached hydrogen (secondary N) is 2. The van der Waals surface area contributed by atoms with Crippen LogP contribution in [0.1, 0.15) is 42.9 Å². The molecule has 222 valence electrons. The number of nitrogens with zero attached hydrogens (tertiary/aromatic N) is 1. The van der Waals surface area contributed by atoms with Gasteiger partial charge in [-0.25, -0.2) is 10.2 Å². The molecule has 1 heterocycles. The maximum Gasteiger partial charge on any atom is 0.355 e. The van der Waals surface area contributed by atoms with E-state index < -0.39 is 11.9 Å². The molecule has 8 nitrogen and oxygen atoms in total. The average Bonchev–Trinajstić information content (AvgIpc) is 3.34. The van der Waals surface area contributed by atoms with E-state index in [0.29, 0.717) is 39.8 Å². The molecular weight excluding hydrogens is 734 g/mol. The summed E-state index contributed by atoms with van der Waals surface area (Å²) in [4.78, 5) is 38.3. The second-order valence-electron chi connectivity index (χ2n) is 9.15. The van der Waals surface area contributed by atoms with Crippen LogP contribution in [0.25, 0.3) is 10.1 Å². The smallest absolute Gasteiger partial charge is 0.355 e. The van der Waals surface area contributed by atoms with Crippen molar-refractivity contribution < 1.29 is 23.9 Å². The van der Waals surface area contributed by atoms with Crippen LogP contribution >= 0.6 is 54.8 Å². The van der Waals surface area contributed by atoms with Gasteiger partial charge in [0, 0.05) is 35.8 Å². The SMILES string of the molecule is CCOc1cc(/C=N\NC(=O)c2ccc(NC(=O)c3ccc(Br)cc3)cc2)ccc1OC(=O)c1sc2cc(Br)ccc2c1Cl. The molecular formula is C32H22Br2ClN3O5S. The van der Waals surface area contributed by atoms with Gasteiger partial charge in [-0.05, 0) is 91.3 Å². The van der Waals surface area contributed by atoms with Gasteiger partial charge in [0.05, 0.1) is 17.8 Å². The lowest BCUT2D eigenvalue weighted by Crippen LogP contribution is -2.18. The normalized spacial score (nSPS) is 11.0. The molecule has 0 aliphatic carbocycles. The highest BCUT2D eigenvalue weighted by molar-refractivity contribution is 9.10. The molecule has 0 spiro atoms. The number of hydrogen-bond acceptors (Lipinski definition) is 7. The zero-order valence-corrected chi connectivity index (χ0v) is 27.6. The van der Waals surface area contributed by atoms with E-state index in [0.717, 1.165) is 19.0 Å². The highest BCUT2D eigenvalue weighted by Crippen LogP contribution is 2.38. The van der Waals surface area contributed by atoms with Crippen molar-refractivity contribution in [3.63, 3.8) is 0 Å². The van der Waals surface area contributed by atoms with Crippen LogP contribution in [0.5, 0.6) is 11.5 Å². The quantitative estimate of drug-likeness (QED) is 0.0678. The van der Waals surface area contributed by atoms with E-state index in [4.69, 9.17) is 21.1 Å². The van der Waals surface area contributed by atoms with Crippen molar-refractivity contribution in [2.45, 2.75) is 6.92 Å². The summed E-state index contributed by atoms with van der Waals surface area (Å²) in [6.45, 7) is 2.14. The third kappa shape index (κ3) is 7.54. The van der Waals surface area contributed by atoms with Crippen LogP contribution < -0.4 is 20.2 Å². The third-order valence-corrected chi connectivity index (χ3v) is 8.80. The Morgan fingerprint density at radius 2 is 1.55 bits per heavy atom. The number of rotatable bonds is 9. The maximum absolute atomic E-state index is 13.0. The Balaban J connectivity index is 1.21. The number of hydrogen-bond donors (Lipinski definition) is 2. The molecule has 0 fully saturated rings. The fourth-order valence-electron chi connectivity index (χ4n) is 4.01. The molecule has 12 heteroatoms. The fourth-order valence-corrected chi connectivity index (χ4v) is 6.21. The first kappa shape index (κ1) is 31.4. The van der Waals surface area contributed by atoms with E-state index in [-0.39, 0.29) is 16.5 Å². The maximum atomic E-state index is 13.0. The summed E-state index contributed by atoms with van der Waals surface area (Å²) in [5, 5.41) is 7.93. The lowest BCUT2D eigenvalue weighted by Gasteiger charge is -2.11. The first-order chi connectivity index (χ1) is 21.2. The molecule has 2 N–H and O–H groups in total. The topological polar surface area (TPSA) is 106 Å². The van der Waals surface area contributed by atoms with E-state index >= 15 is 0 Å². The molecule has 0 aliphatic heterocycles. The van der Waals surface area contributed by atoms with Gasteiger partial charge in [0.2, 0.25) is 0 Å². The van der Waals surface area contributed by atoms with Crippen molar-refractivity contribution >= 4 is 94.6 Å². The van der Waals surface area contributed by atoms with Crippen molar-refractivity contribution in [1.82, 2.24) is 5.43 Å². The van der Waals surface area contributed by atoms with Crippen LogP contribution in [-0.4, -0.2) is 30.6 Å². The monoisotopic (exact) mass is 753 g/mol. The Kier molecular flexibility index (Phi) is 10.1. The van der Waals surface area contributed by atoms with E-state index in [9.17, 15) is 14.4 Å². The molecule has 5 rings (SSSR count). The molecule has 0 saturated heterocycles. The number of fused-ring (bicyclic) bond motifs is 1. The zero-order valence-electron chi connectivity index (χ0n) is 22.9. The lowest BCUT2D eigenvalue weighted by molar-refractivity contribution is 0.0733. The van der Waals surface area contributed by atoms with Crippen molar-refractivity contribution in [1.29, 1.82) is 0 Å². The summed E-state index contributed by atoms with van der Waals surface area (Å²) in [6, 6.07) is 23.9. The van der Waals surface area contributed by atoms with Gasteiger partial charge in [-0.1, -0.05) is 49.5 Å². The molecule has 0 bridgehead atoms. The molecule has 4 aromatic carbocycles. The molecule has 0 saturated carbocycles. The molecule has 0 aliphatic rings. The van der Waals surface area contributed by atoms with Gasteiger partial charge >= 0.3 is 5.97 Å². The molecule has 0 atom stereocenters. The molecule has 0 unspecified atom stereocenters. The number of thiophene rings is 1. The second-order valence-corrected chi connectivity index (χ2v) is 12.4. The lowest BCUT2D eigenvalue weighted by atomic mass is 10.1. The first-order valence-electron chi connectivity index (χ1n) is 13.1. The number of esters is 1. The molecule has 0 radical (unpaired) electrons. The van der Waals surface area contributed by atoms with Gasteiger partial charge in [-0.2, -0.15) is 5.10 Å². The molecule has 1 aromatic heterocycles. The minimum atomic E-state index is -0.596. The Morgan fingerprint density at radius 3 is 2.27 bits per heavy atom. The fraction of sp³-hybridized carbons (Fsp3) is 0.0625. The second kappa shape index (κ2) is 14.2. The predicted molar refractivity (Wildman–Crippen MR) is 181 cm³/mol. The van der Waals surface area contributed by atoms with E-state index in [1.54, 1.807) is 66.7 Å². The van der Waals surface area contributed by atoms with Crippen molar-refractivity contribution in [2.75, 3.05) is 11.9 Å². The Hall–Kier alpha value is -4.03. The van der Waals surface area contributed by atoms with Crippen LogP contribution in [0, 0.1) is 0 Å². The molecule has 44 heavy (non-hydrogen) atoms. The van der Waals surface area contributed by atoms with Crippen LogP contribution in [-0.2, 0) is 0 Å². The van der Waals surface area contributed by atoms with Crippen molar-refractivity contribution in [2.24, 2.45) is 5.10 Å². The number of ether oxygens (including phenoxy) is 2. The van der Waals surface area contributed by atoms with E-state index in [1.165, 1.54) is 17.6 Å². The third-order valence-electron chi connectivity index (χ3n) is 6.14. The first-order valence-corrected chi connectivity index (χ1v) is 15.9. The number of amides is 2. The largest absolute Gasteiger partial charge is 0.490 e.